The van der Waals surface area contributed by atoms with Gasteiger partial charge >= 0.3 is 0 Å². The minimum absolute atomic E-state index is 0.102. The van der Waals surface area contributed by atoms with Gasteiger partial charge in [0, 0.05) is 23.3 Å². The summed E-state index contributed by atoms with van der Waals surface area (Å²) >= 11 is 1.38. The summed E-state index contributed by atoms with van der Waals surface area (Å²) in [5.74, 6) is -0.102. The second-order valence-electron chi connectivity index (χ2n) is 4.15. The first-order chi connectivity index (χ1) is 9.02. The summed E-state index contributed by atoms with van der Waals surface area (Å²) in [5, 5.41) is 8.74. The Kier molecular flexibility index (Phi) is 3.54. The first-order valence-corrected chi connectivity index (χ1v) is 6.48. The summed E-state index contributed by atoms with van der Waals surface area (Å²) in [6.45, 7) is 1.89. The lowest BCUT2D eigenvalue weighted by Crippen LogP contribution is -2.25. The molecule has 0 radical (unpaired) electrons. The number of nitrogens with two attached hydrogens (primary N) is 1. The molecule has 1 heterocycles. The zero-order chi connectivity index (χ0) is 14.0. The van der Waals surface area contributed by atoms with E-state index in [9.17, 15) is 4.79 Å². The number of aryl methyl sites for hydroxylation is 1. The third-order valence-corrected chi connectivity index (χ3v) is 3.91. The maximum atomic E-state index is 12.3. The van der Waals surface area contributed by atoms with Crippen molar-refractivity contribution in [3.63, 3.8) is 0 Å². The molecule has 1 amide bonds. The van der Waals surface area contributed by atoms with Crippen LogP contribution >= 0.6 is 11.3 Å². The van der Waals surface area contributed by atoms with E-state index in [1.54, 1.807) is 42.3 Å². The summed E-state index contributed by atoms with van der Waals surface area (Å²) in [6, 6.07) is 10.6. The molecule has 0 atom stereocenters. The Hall–Kier alpha value is -2.32. The fraction of sp³-hybridized carbons (Fsp3) is 0.143. The van der Waals surface area contributed by atoms with Gasteiger partial charge in [-0.1, -0.05) is 0 Å². The van der Waals surface area contributed by atoms with Crippen molar-refractivity contribution in [2.75, 3.05) is 17.7 Å². The highest BCUT2D eigenvalue weighted by atomic mass is 32.1. The van der Waals surface area contributed by atoms with Crippen LogP contribution in [0.2, 0.25) is 0 Å². The molecule has 2 N–H and O–H groups in total. The molecule has 2 rings (SSSR count). The van der Waals surface area contributed by atoms with Crippen LogP contribution in [0.15, 0.2) is 30.3 Å². The Balaban J connectivity index is 2.25. The molecule has 0 aliphatic heterocycles. The van der Waals surface area contributed by atoms with Crippen molar-refractivity contribution in [2.24, 2.45) is 0 Å². The van der Waals surface area contributed by atoms with Gasteiger partial charge in [-0.25, -0.2) is 0 Å². The zero-order valence-electron chi connectivity index (χ0n) is 10.7. The van der Waals surface area contributed by atoms with E-state index in [4.69, 9.17) is 11.0 Å². The highest BCUT2D eigenvalue weighted by Crippen LogP contribution is 2.26. The van der Waals surface area contributed by atoms with Crippen molar-refractivity contribution in [3.8, 4) is 6.07 Å². The Morgan fingerprint density at radius 1 is 1.37 bits per heavy atom. The predicted octanol–water partition coefficient (Wildman–Crippen LogP) is 2.79. The predicted molar refractivity (Wildman–Crippen MR) is 77.4 cm³/mol. The monoisotopic (exact) mass is 271 g/mol. The number of carbonyl (C=O) groups excluding carboxylic acids is 1. The van der Waals surface area contributed by atoms with Crippen molar-refractivity contribution in [2.45, 2.75) is 6.92 Å². The first kappa shape index (κ1) is 13.1. The average Bonchev–Trinajstić information content (AvgIpc) is 2.77. The number of benzene rings is 1. The summed E-state index contributed by atoms with van der Waals surface area (Å²) in [5.41, 5.74) is 7.71. The minimum Gasteiger partial charge on any atom is -0.398 e. The third-order valence-electron chi connectivity index (χ3n) is 2.86. The number of nitriles is 1. The maximum Gasteiger partial charge on any atom is 0.268 e. The van der Waals surface area contributed by atoms with Gasteiger partial charge in [-0.3, -0.25) is 4.79 Å². The fourth-order valence-electron chi connectivity index (χ4n) is 1.64. The molecule has 2 aromatic rings. The lowest BCUT2D eigenvalue weighted by molar-refractivity contribution is 0.0997. The summed E-state index contributed by atoms with van der Waals surface area (Å²) in [6.07, 6.45) is 0. The zero-order valence-corrected chi connectivity index (χ0v) is 11.5. The van der Waals surface area contributed by atoms with Crippen LogP contribution in [0.25, 0.3) is 0 Å². The van der Waals surface area contributed by atoms with Crippen LogP contribution in [0.3, 0.4) is 0 Å². The van der Waals surface area contributed by atoms with Crippen LogP contribution in [-0.2, 0) is 0 Å². The van der Waals surface area contributed by atoms with E-state index in [0.717, 1.165) is 10.6 Å². The van der Waals surface area contributed by atoms with E-state index in [-0.39, 0.29) is 5.91 Å². The van der Waals surface area contributed by atoms with Crippen LogP contribution < -0.4 is 10.6 Å². The molecule has 5 heteroatoms. The van der Waals surface area contributed by atoms with Gasteiger partial charge in [-0.2, -0.15) is 5.26 Å². The molecular weight excluding hydrogens is 258 g/mol. The number of thiophene rings is 1. The molecule has 0 aliphatic carbocycles. The number of hydrogen-bond donors (Lipinski definition) is 1. The maximum absolute atomic E-state index is 12.3. The van der Waals surface area contributed by atoms with Gasteiger partial charge in [0.1, 0.15) is 0 Å². The molecule has 0 saturated carbocycles. The van der Waals surface area contributed by atoms with Crippen molar-refractivity contribution in [1.29, 1.82) is 5.26 Å². The van der Waals surface area contributed by atoms with Crippen LogP contribution in [0.4, 0.5) is 11.4 Å². The highest BCUT2D eigenvalue weighted by molar-refractivity contribution is 7.14. The quantitative estimate of drug-likeness (QED) is 0.913. The minimum atomic E-state index is -0.102. The number of nitrogen functional groups attached to an aromatic ring is 1. The van der Waals surface area contributed by atoms with Gasteiger partial charge in [0.15, 0.2) is 0 Å². The summed E-state index contributed by atoms with van der Waals surface area (Å²) < 4.78 is 0. The third kappa shape index (κ3) is 2.59. The fourth-order valence-corrected chi connectivity index (χ4v) is 2.56. The molecule has 19 heavy (non-hydrogen) atoms. The van der Waals surface area contributed by atoms with Crippen molar-refractivity contribution in [1.82, 2.24) is 0 Å². The van der Waals surface area contributed by atoms with Crippen LogP contribution in [0.1, 0.15) is 20.1 Å². The first-order valence-electron chi connectivity index (χ1n) is 5.67. The molecule has 4 nitrogen and oxygen atoms in total. The molecule has 0 bridgehead atoms. The lowest BCUT2D eigenvalue weighted by Gasteiger charge is -2.16. The van der Waals surface area contributed by atoms with E-state index in [2.05, 4.69) is 0 Å². The summed E-state index contributed by atoms with van der Waals surface area (Å²) in [7, 11) is 1.70. The van der Waals surface area contributed by atoms with Crippen molar-refractivity contribution in [3.05, 3.63) is 45.6 Å². The Bertz CT molecular complexity index is 633. The Morgan fingerprint density at radius 2 is 2.00 bits per heavy atom. The molecule has 1 aromatic carbocycles. The molecule has 0 spiro atoms. The van der Waals surface area contributed by atoms with E-state index < -0.39 is 0 Å². The second-order valence-corrected chi connectivity index (χ2v) is 5.40. The number of hydrogen-bond acceptors (Lipinski definition) is 4. The van der Waals surface area contributed by atoms with Gasteiger partial charge in [0.2, 0.25) is 0 Å². The van der Waals surface area contributed by atoms with Crippen molar-refractivity contribution >= 4 is 28.6 Å². The SMILES string of the molecule is Cc1sc(C(=O)N(C)c2ccc(C#N)cc2)cc1N. The highest BCUT2D eigenvalue weighted by Gasteiger charge is 2.16. The van der Waals surface area contributed by atoms with E-state index in [1.807, 2.05) is 13.0 Å². The van der Waals surface area contributed by atoms with Crippen molar-refractivity contribution < 1.29 is 4.79 Å². The largest absolute Gasteiger partial charge is 0.398 e. The summed E-state index contributed by atoms with van der Waals surface area (Å²) in [4.78, 5) is 15.4. The van der Waals surface area contributed by atoms with Crippen LogP contribution in [0.5, 0.6) is 0 Å². The number of carbonyl (C=O) groups is 1. The van der Waals surface area contributed by atoms with Crippen LogP contribution in [0, 0.1) is 18.3 Å². The smallest absolute Gasteiger partial charge is 0.268 e. The molecular formula is C14H13N3OS. The standard InChI is InChI=1S/C14H13N3OS/c1-9-12(16)7-13(19-9)14(18)17(2)11-5-3-10(8-15)4-6-11/h3-7H,16H2,1-2H3. The Labute approximate surface area is 115 Å². The second kappa shape index (κ2) is 5.12. The van der Waals surface area contributed by atoms with Crippen LogP contribution in [-0.4, -0.2) is 13.0 Å². The molecule has 0 aliphatic rings. The lowest BCUT2D eigenvalue weighted by atomic mass is 10.2. The number of rotatable bonds is 2. The van der Waals surface area contributed by atoms with E-state index >= 15 is 0 Å². The molecule has 0 unspecified atom stereocenters. The van der Waals surface area contributed by atoms with Gasteiger partial charge in [0.05, 0.1) is 16.5 Å². The number of nitrogens with zero attached hydrogens (tertiary/aromatic N) is 2. The van der Waals surface area contributed by atoms with Gasteiger partial charge in [0.25, 0.3) is 5.91 Å². The molecule has 0 fully saturated rings. The van der Waals surface area contributed by atoms with E-state index in [0.29, 0.717) is 16.1 Å². The van der Waals surface area contributed by atoms with Gasteiger partial charge in [-0.05, 0) is 37.3 Å². The van der Waals surface area contributed by atoms with Gasteiger partial charge in [-0.15, -0.1) is 11.3 Å². The average molecular weight is 271 g/mol. The topological polar surface area (TPSA) is 70.1 Å². The normalized spacial score (nSPS) is 9.95. The number of amides is 1. The molecule has 0 saturated heterocycles. The number of anilines is 2. The van der Waals surface area contributed by atoms with E-state index in [1.165, 1.54) is 11.3 Å². The molecule has 96 valence electrons. The molecule has 1 aromatic heterocycles. The van der Waals surface area contributed by atoms with Gasteiger partial charge < -0.3 is 10.6 Å². The Morgan fingerprint density at radius 3 is 2.47 bits per heavy atom.